The lowest BCUT2D eigenvalue weighted by atomic mass is 10.1. The molecule has 3 rings (SSSR count). The number of nitrogens with zero attached hydrogens (tertiary/aromatic N) is 5. The molecule has 3 aromatic rings. The first-order chi connectivity index (χ1) is 13.5. The molecule has 0 bridgehead atoms. The molecule has 144 valence electrons. The second-order valence-corrected chi connectivity index (χ2v) is 6.71. The van der Waals surface area contributed by atoms with Crippen LogP contribution in [0, 0.1) is 0 Å². The van der Waals surface area contributed by atoms with Gasteiger partial charge in [-0.15, -0.1) is 0 Å². The molecule has 6 heteroatoms. The van der Waals surface area contributed by atoms with Crippen LogP contribution in [0.4, 0.5) is 5.82 Å². The Kier molecular flexibility index (Phi) is 5.99. The van der Waals surface area contributed by atoms with E-state index in [0.717, 1.165) is 23.5 Å². The predicted molar refractivity (Wildman–Crippen MR) is 111 cm³/mol. The highest BCUT2D eigenvalue weighted by Gasteiger charge is 2.19. The molecule has 0 N–H and O–H groups in total. The van der Waals surface area contributed by atoms with Crippen LogP contribution in [0.15, 0.2) is 61.1 Å². The van der Waals surface area contributed by atoms with E-state index >= 15 is 0 Å². The third kappa shape index (κ3) is 4.17. The number of carbonyl (C=O) groups is 1. The third-order valence-corrected chi connectivity index (χ3v) is 4.96. The van der Waals surface area contributed by atoms with Crippen LogP contribution in [-0.4, -0.2) is 46.4 Å². The molecule has 0 spiro atoms. The second-order valence-electron chi connectivity index (χ2n) is 6.71. The van der Waals surface area contributed by atoms with Gasteiger partial charge in [-0.25, -0.2) is 9.97 Å². The Labute approximate surface area is 165 Å². The Morgan fingerprint density at radius 1 is 1.07 bits per heavy atom. The van der Waals surface area contributed by atoms with E-state index in [4.69, 9.17) is 0 Å². The van der Waals surface area contributed by atoms with Crippen molar-refractivity contribution in [2.45, 2.75) is 19.9 Å². The number of carbonyl (C=O) groups excluding carboxylic acids is 1. The molecule has 1 amide bonds. The van der Waals surface area contributed by atoms with Gasteiger partial charge >= 0.3 is 0 Å². The lowest BCUT2D eigenvalue weighted by Gasteiger charge is -2.25. The molecule has 2 aromatic heterocycles. The fourth-order valence-electron chi connectivity index (χ4n) is 2.85. The summed E-state index contributed by atoms with van der Waals surface area (Å²) >= 11 is 0. The third-order valence-electron chi connectivity index (χ3n) is 4.96. The van der Waals surface area contributed by atoms with E-state index in [-0.39, 0.29) is 11.9 Å². The minimum Gasteiger partial charge on any atom is -0.360 e. The van der Waals surface area contributed by atoms with Gasteiger partial charge in [0.2, 0.25) is 0 Å². The van der Waals surface area contributed by atoms with Gasteiger partial charge in [-0.3, -0.25) is 9.78 Å². The average molecular weight is 375 g/mol. The van der Waals surface area contributed by atoms with E-state index in [0.29, 0.717) is 11.4 Å². The molecule has 1 atom stereocenters. The summed E-state index contributed by atoms with van der Waals surface area (Å²) in [5.74, 6) is 1.48. The number of amides is 1. The Morgan fingerprint density at radius 2 is 1.82 bits per heavy atom. The van der Waals surface area contributed by atoms with Crippen LogP contribution in [0.3, 0.4) is 0 Å². The molecule has 1 aromatic carbocycles. The lowest BCUT2D eigenvalue weighted by molar-refractivity contribution is 0.0742. The van der Waals surface area contributed by atoms with E-state index < -0.39 is 0 Å². The van der Waals surface area contributed by atoms with Crippen molar-refractivity contribution in [3.63, 3.8) is 0 Å². The molecule has 0 fully saturated rings. The fraction of sp³-hybridized carbons (Fsp3) is 0.273. The van der Waals surface area contributed by atoms with Gasteiger partial charge in [0.15, 0.2) is 5.82 Å². The smallest absolute Gasteiger partial charge is 0.254 e. The van der Waals surface area contributed by atoms with Crippen LogP contribution in [-0.2, 0) is 0 Å². The van der Waals surface area contributed by atoms with E-state index in [1.807, 2.05) is 56.4 Å². The number of rotatable bonds is 6. The maximum absolute atomic E-state index is 12.9. The summed E-state index contributed by atoms with van der Waals surface area (Å²) in [5.41, 5.74) is 2.51. The molecule has 2 heterocycles. The SMILES string of the molecule is CCN(C)c1ccnc(-c2ccc(C(=O)N(C)[C@H](C)c3cccnc3)cc2)n1. The maximum Gasteiger partial charge on any atom is 0.254 e. The number of aromatic nitrogens is 3. The van der Waals surface area contributed by atoms with Crippen LogP contribution < -0.4 is 4.90 Å². The highest BCUT2D eigenvalue weighted by atomic mass is 16.2. The molecule has 0 saturated heterocycles. The van der Waals surface area contributed by atoms with Gasteiger partial charge in [-0.2, -0.15) is 0 Å². The van der Waals surface area contributed by atoms with Gasteiger partial charge in [-0.05, 0) is 43.7 Å². The monoisotopic (exact) mass is 375 g/mol. The van der Waals surface area contributed by atoms with Gasteiger partial charge in [0, 0.05) is 50.4 Å². The molecule has 0 aliphatic rings. The van der Waals surface area contributed by atoms with Crippen molar-refractivity contribution >= 4 is 11.7 Å². The van der Waals surface area contributed by atoms with Gasteiger partial charge in [0.25, 0.3) is 5.91 Å². The Hall–Kier alpha value is -3.28. The molecule has 28 heavy (non-hydrogen) atoms. The largest absolute Gasteiger partial charge is 0.360 e. The molecule has 0 saturated carbocycles. The maximum atomic E-state index is 12.9. The van der Waals surface area contributed by atoms with E-state index in [1.54, 1.807) is 30.5 Å². The summed E-state index contributed by atoms with van der Waals surface area (Å²) in [7, 11) is 3.80. The van der Waals surface area contributed by atoms with Gasteiger partial charge in [0.1, 0.15) is 5.82 Å². The average Bonchev–Trinajstić information content (AvgIpc) is 2.77. The van der Waals surface area contributed by atoms with Crippen molar-refractivity contribution in [3.05, 3.63) is 72.2 Å². The van der Waals surface area contributed by atoms with E-state index in [1.165, 1.54) is 0 Å². The zero-order valence-corrected chi connectivity index (χ0v) is 16.7. The first-order valence-electron chi connectivity index (χ1n) is 9.33. The summed E-state index contributed by atoms with van der Waals surface area (Å²) in [6, 6.07) is 13.1. The first kappa shape index (κ1) is 19.5. The Morgan fingerprint density at radius 3 is 2.46 bits per heavy atom. The molecule has 0 aliphatic heterocycles. The highest BCUT2D eigenvalue weighted by Crippen LogP contribution is 2.22. The van der Waals surface area contributed by atoms with E-state index in [9.17, 15) is 4.79 Å². The molecular formula is C22H25N5O. The van der Waals surface area contributed by atoms with Crippen molar-refractivity contribution in [3.8, 4) is 11.4 Å². The number of hydrogen-bond acceptors (Lipinski definition) is 5. The topological polar surface area (TPSA) is 62.2 Å². The molecular weight excluding hydrogens is 350 g/mol. The molecule has 0 aliphatic carbocycles. The van der Waals surface area contributed by atoms with Crippen molar-refractivity contribution in [1.82, 2.24) is 19.9 Å². The van der Waals surface area contributed by atoms with Crippen molar-refractivity contribution < 1.29 is 4.79 Å². The summed E-state index contributed by atoms with van der Waals surface area (Å²) in [6.45, 7) is 4.93. The quantitative estimate of drug-likeness (QED) is 0.655. The summed E-state index contributed by atoms with van der Waals surface area (Å²) in [4.78, 5) is 29.7. The Bertz CT molecular complexity index is 927. The van der Waals surface area contributed by atoms with Crippen LogP contribution in [0.25, 0.3) is 11.4 Å². The van der Waals surface area contributed by atoms with Crippen molar-refractivity contribution in [2.24, 2.45) is 0 Å². The zero-order valence-electron chi connectivity index (χ0n) is 16.7. The fourth-order valence-corrected chi connectivity index (χ4v) is 2.85. The normalized spacial score (nSPS) is 11.7. The molecule has 6 nitrogen and oxygen atoms in total. The molecule has 0 radical (unpaired) electrons. The highest BCUT2D eigenvalue weighted by molar-refractivity contribution is 5.94. The number of pyridine rings is 1. The van der Waals surface area contributed by atoms with Gasteiger partial charge in [0.05, 0.1) is 6.04 Å². The number of anilines is 1. The van der Waals surface area contributed by atoms with Crippen LogP contribution in [0.2, 0.25) is 0 Å². The standard InChI is InChI=1S/C22H25N5O/c1-5-26(3)20-12-14-24-21(25-20)17-8-10-18(11-9-17)22(28)27(4)16(2)19-7-6-13-23-15-19/h6-16H,5H2,1-4H3/t16-/m1/s1. The minimum absolute atomic E-state index is 0.0386. The minimum atomic E-state index is -0.0644. The van der Waals surface area contributed by atoms with E-state index in [2.05, 4.69) is 26.8 Å². The summed E-state index contributed by atoms with van der Waals surface area (Å²) in [5, 5.41) is 0. The zero-order chi connectivity index (χ0) is 20.1. The number of benzene rings is 1. The first-order valence-corrected chi connectivity index (χ1v) is 9.33. The van der Waals surface area contributed by atoms with Crippen LogP contribution >= 0.6 is 0 Å². The Balaban J connectivity index is 1.78. The predicted octanol–water partition coefficient (Wildman–Crippen LogP) is 3.83. The van der Waals surface area contributed by atoms with Crippen LogP contribution in [0.5, 0.6) is 0 Å². The second kappa shape index (κ2) is 8.61. The lowest BCUT2D eigenvalue weighted by Crippen LogP contribution is -2.29. The van der Waals surface area contributed by atoms with Crippen LogP contribution in [0.1, 0.15) is 35.8 Å². The number of hydrogen-bond donors (Lipinski definition) is 0. The summed E-state index contributed by atoms with van der Waals surface area (Å²) in [6.07, 6.45) is 5.27. The van der Waals surface area contributed by atoms with Crippen molar-refractivity contribution in [1.29, 1.82) is 0 Å². The van der Waals surface area contributed by atoms with Gasteiger partial charge < -0.3 is 9.80 Å². The van der Waals surface area contributed by atoms with Crippen molar-refractivity contribution in [2.75, 3.05) is 25.5 Å². The molecule has 0 unspecified atom stereocenters. The van der Waals surface area contributed by atoms with Gasteiger partial charge in [-0.1, -0.05) is 18.2 Å². The summed E-state index contributed by atoms with van der Waals surface area (Å²) < 4.78 is 0.